The van der Waals surface area contributed by atoms with Crippen molar-refractivity contribution in [3.8, 4) is 0 Å². The molecule has 0 amide bonds. The molecule has 1 aromatic rings. The van der Waals surface area contributed by atoms with Crippen LogP contribution >= 0.6 is 0 Å². The van der Waals surface area contributed by atoms with E-state index in [1.807, 2.05) is 0 Å². The standard InChI is InChI=1S/C16H21NO3/c18-16(19)9-15-11-17(6-7-20-15)10-12-4-5-13-2-1-3-14(13)8-12/h4-5,8,15H,1-3,6-7,9-11H2,(H,18,19). The lowest BCUT2D eigenvalue weighted by atomic mass is 10.1. The van der Waals surface area contributed by atoms with Crippen LogP contribution in [-0.4, -0.2) is 41.8 Å². The fraction of sp³-hybridized carbons (Fsp3) is 0.562. The Morgan fingerprint density at radius 2 is 2.20 bits per heavy atom. The van der Waals surface area contributed by atoms with Crippen LogP contribution in [0.3, 0.4) is 0 Å². The maximum atomic E-state index is 10.8. The Balaban J connectivity index is 1.61. The van der Waals surface area contributed by atoms with Crippen LogP contribution in [0.1, 0.15) is 29.5 Å². The summed E-state index contributed by atoms with van der Waals surface area (Å²) in [7, 11) is 0. The summed E-state index contributed by atoms with van der Waals surface area (Å²) < 4.78 is 5.51. The first-order valence-electron chi connectivity index (χ1n) is 7.37. The smallest absolute Gasteiger partial charge is 0.306 e. The number of hydrogen-bond donors (Lipinski definition) is 1. The fourth-order valence-corrected chi connectivity index (χ4v) is 3.22. The molecular formula is C16H21NO3. The van der Waals surface area contributed by atoms with Crippen LogP contribution in [0.25, 0.3) is 0 Å². The van der Waals surface area contributed by atoms with E-state index >= 15 is 0 Å². The molecule has 0 radical (unpaired) electrons. The van der Waals surface area contributed by atoms with E-state index in [1.54, 1.807) is 0 Å². The molecule has 1 aliphatic carbocycles. The number of carboxylic acids is 1. The quantitative estimate of drug-likeness (QED) is 0.911. The second kappa shape index (κ2) is 5.94. The van der Waals surface area contributed by atoms with Crippen molar-refractivity contribution in [2.45, 2.75) is 38.3 Å². The van der Waals surface area contributed by atoms with Gasteiger partial charge < -0.3 is 9.84 Å². The predicted molar refractivity (Wildman–Crippen MR) is 75.7 cm³/mol. The largest absolute Gasteiger partial charge is 0.481 e. The van der Waals surface area contributed by atoms with E-state index in [-0.39, 0.29) is 12.5 Å². The number of nitrogens with zero attached hydrogens (tertiary/aromatic N) is 1. The van der Waals surface area contributed by atoms with Crippen molar-refractivity contribution in [3.05, 3.63) is 34.9 Å². The van der Waals surface area contributed by atoms with Crippen LogP contribution in [0, 0.1) is 0 Å². The number of aliphatic carboxylic acids is 1. The van der Waals surface area contributed by atoms with Gasteiger partial charge in [-0.05, 0) is 36.0 Å². The molecule has 0 bridgehead atoms. The fourth-order valence-electron chi connectivity index (χ4n) is 3.22. The zero-order chi connectivity index (χ0) is 13.9. The summed E-state index contributed by atoms with van der Waals surface area (Å²) in [6, 6.07) is 6.79. The van der Waals surface area contributed by atoms with Gasteiger partial charge >= 0.3 is 5.97 Å². The molecule has 1 N–H and O–H groups in total. The highest BCUT2D eigenvalue weighted by atomic mass is 16.5. The third-order valence-electron chi connectivity index (χ3n) is 4.19. The number of hydrogen-bond acceptors (Lipinski definition) is 3. The highest BCUT2D eigenvalue weighted by Crippen LogP contribution is 2.23. The summed E-state index contributed by atoms with van der Waals surface area (Å²) in [6.45, 7) is 3.12. The normalized spacial score (nSPS) is 22.7. The van der Waals surface area contributed by atoms with Crippen molar-refractivity contribution < 1.29 is 14.6 Å². The summed E-state index contributed by atoms with van der Waals surface area (Å²) in [5.41, 5.74) is 4.33. The molecule has 0 aromatic heterocycles. The van der Waals surface area contributed by atoms with Gasteiger partial charge in [-0.15, -0.1) is 0 Å². The number of morpholine rings is 1. The summed E-state index contributed by atoms with van der Waals surface area (Å²) in [6.07, 6.45) is 3.62. The maximum absolute atomic E-state index is 10.8. The molecule has 4 nitrogen and oxygen atoms in total. The van der Waals surface area contributed by atoms with Gasteiger partial charge in [0.1, 0.15) is 0 Å². The Hall–Kier alpha value is -1.39. The molecule has 1 atom stereocenters. The van der Waals surface area contributed by atoms with Gasteiger partial charge in [0.25, 0.3) is 0 Å². The summed E-state index contributed by atoms with van der Waals surface area (Å²) in [4.78, 5) is 13.1. The number of rotatable bonds is 4. The highest BCUT2D eigenvalue weighted by Gasteiger charge is 2.23. The molecule has 0 saturated carbocycles. The topological polar surface area (TPSA) is 49.8 Å². The maximum Gasteiger partial charge on any atom is 0.306 e. The molecular weight excluding hydrogens is 254 g/mol. The SMILES string of the molecule is O=C(O)CC1CN(Cc2ccc3c(c2)CCC3)CCO1. The Morgan fingerprint density at radius 3 is 3.05 bits per heavy atom. The minimum Gasteiger partial charge on any atom is -0.481 e. The first kappa shape index (κ1) is 13.6. The van der Waals surface area contributed by atoms with Crippen molar-refractivity contribution in [2.75, 3.05) is 19.7 Å². The van der Waals surface area contributed by atoms with Gasteiger partial charge in [0.05, 0.1) is 19.1 Å². The first-order chi connectivity index (χ1) is 9.70. The third kappa shape index (κ3) is 3.19. The van der Waals surface area contributed by atoms with Crippen LogP contribution in [0.2, 0.25) is 0 Å². The second-order valence-electron chi connectivity index (χ2n) is 5.78. The van der Waals surface area contributed by atoms with Crippen molar-refractivity contribution in [2.24, 2.45) is 0 Å². The molecule has 1 aliphatic heterocycles. The van der Waals surface area contributed by atoms with Crippen molar-refractivity contribution in [1.29, 1.82) is 0 Å². The molecule has 1 fully saturated rings. The Morgan fingerprint density at radius 1 is 1.35 bits per heavy atom. The molecule has 0 spiro atoms. The van der Waals surface area contributed by atoms with Gasteiger partial charge in [-0.25, -0.2) is 0 Å². The molecule has 108 valence electrons. The highest BCUT2D eigenvalue weighted by molar-refractivity contribution is 5.67. The monoisotopic (exact) mass is 275 g/mol. The van der Waals surface area contributed by atoms with Crippen LogP contribution in [0.5, 0.6) is 0 Å². The Labute approximate surface area is 119 Å². The van der Waals surface area contributed by atoms with E-state index < -0.39 is 5.97 Å². The molecule has 20 heavy (non-hydrogen) atoms. The third-order valence-corrected chi connectivity index (χ3v) is 4.19. The number of carbonyl (C=O) groups is 1. The van der Waals surface area contributed by atoms with Gasteiger partial charge in [0, 0.05) is 19.6 Å². The van der Waals surface area contributed by atoms with Crippen LogP contribution < -0.4 is 0 Å². The number of benzene rings is 1. The van der Waals surface area contributed by atoms with E-state index in [2.05, 4.69) is 23.1 Å². The van der Waals surface area contributed by atoms with Crippen LogP contribution in [0.15, 0.2) is 18.2 Å². The average Bonchev–Trinajstić information content (AvgIpc) is 2.85. The number of fused-ring (bicyclic) bond motifs is 1. The molecule has 2 aliphatic rings. The van der Waals surface area contributed by atoms with Gasteiger partial charge in [-0.3, -0.25) is 9.69 Å². The Bertz CT molecular complexity index is 500. The summed E-state index contributed by atoms with van der Waals surface area (Å²) in [5, 5.41) is 8.85. The molecule has 1 heterocycles. The number of aryl methyl sites for hydroxylation is 2. The van der Waals surface area contributed by atoms with Crippen molar-refractivity contribution >= 4 is 5.97 Å². The minimum absolute atomic E-state index is 0.0979. The predicted octanol–water partition coefficient (Wildman–Crippen LogP) is 1.85. The van der Waals surface area contributed by atoms with Gasteiger partial charge in [-0.2, -0.15) is 0 Å². The zero-order valence-corrected chi connectivity index (χ0v) is 11.7. The van der Waals surface area contributed by atoms with Gasteiger partial charge in [0.2, 0.25) is 0 Å². The van der Waals surface area contributed by atoms with E-state index in [4.69, 9.17) is 9.84 Å². The van der Waals surface area contributed by atoms with Crippen LogP contribution in [0.4, 0.5) is 0 Å². The average molecular weight is 275 g/mol. The van der Waals surface area contributed by atoms with E-state index in [1.165, 1.54) is 36.0 Å². The van der Waals surface area contributed by atoms with E-state index in [9.17, 15) is 4.79 Å². The number of carboxylic acid groups (broad SMARTS) is 1. The lowest BCUT2D eigenvalue weighted by Gasteiger charge is -2.32. The Kier molecular flexibility index (Phi) is 4.03. The lowest BCUT2D eigenvalue weighted by molar-refractivity contribution is -0.142. The first-order valence-corrected chi connectivity index (χ1v) is 7.37. The molecule has 4 heteroatoms. The molecule has 1 aromatic carbocycles. The zero-order valence-electron chi connectivity index (χ0n) is 11.7. The van der Waals surface area contributed by atoms with E-state index in [0.29, 0.717) is 13.2 Å². The van der Waals surface area contributed by atoms with Crippen molar-refractivity contribution in [1.82, 2.24) is 4.90 Å². The number of ether oxygens (including phenoxy) is 1. The molecule has 3 rings (SSSR count). The minimum atomic E-state index is -0.783. The second-order valence-corrected chi connectivity index (χ2v) is 5.78. The van der Waals surface area contributed by atoms with E-state index in [0.717, 1.165) is 13.1 Å². The summed E-state index contributed by atoms with van der Waals surface area (Å²) >= 11 is 0. The summed E-state index contributed by atoms with van der Waals surface area (Å²) in [5.74, 6) is -0.783. The van der Waals surface area contributed by atoms with Crippen molar-refractivity contribution in [3.63, 3.8) is 0 Å². The molecule has 1 saturated heterocycles. The molecule has 1 unspecified atom stereocenters. The van der Waals surface area contributed by atoms with Gasteiger partial charge in [0.15, 0.2) is 0 Å². The van der Waals surface area contributed by atoms with Gasteiger partial charge in [-0.1, -0.05) is 18.2 Å². The van der Waals surface area contributed by atoms with Crippen LogP contribution in [-0.2, 0) is 28.9 Å². The lowest BCUT2D eigenvalue weighted by Crippen LogP contribution is -2.42.